The van der Waals surface area contributed by atoms with Crippen LogP contribution in [0.25, 0.3) is 6.08 Å². The Labute approximate surface area is 94.2 Å². The average molecular weight is 225 g/mol. The molecule has 0 radical (unpaired) electrons. The minimum absolute atomic E-state index is 0.227. The van der Waals surface area contributed by atoms with Gasteiger partial charge in [-0.15, -0.1) is 0 Å². The van der Waals surface area contributed by atoms with Crippen LogP contribution < -0.4 is 0 Å². The monoisotopic (exact) mass is 224 g/mol. The molecular formula is C12H13ClO2. The van der Waals surface area contributed by atoms with E-state index in [1.165, 1.54) is 0 Å². The number of hydrogen-bond donors (Lipinski definition) is 1. The minimum Gasteiger partial charge on any atom is -0.481 e. The quantitative estimate of drug-likeness (QED) is 0.776. The molecule has 1 aromatic carbocycles. The van der Waals surface area contributed by atoms with E-state index in [1.54, 1.807) is 0 Å². The lowest BCUT2D eigenvalue weighted by atomic mass is 10.1. The highest BCUT2D eigenvalue weighted by molar-refractivity contribution is 6.30. The maximum atomic E-state index is 10.2. The van der Waals surface area contributed by atoms with E-state index in [2.05, 4.69) is 0 Å². The first-order valence-corrected chi connectivity index (χ1v) is 5.20. The Hall–Kier alpha value is -1.28. The smallest absolute Gasteiger partial charge is 0.303 e. The molecular weight excluding hydrogens is 212 g/mol. The SMILES string of the molecule is O=C(O)CCCC=Cc1ccc(Cl)cc1. The molecule has 80 valence electrons. The summed E-state index contributed by atoms with van der Waals surface area (Å²) in [5.74, 6) is -0.741. The molecule has 3 heteroatoms. The third-order valence-electron chi connectivity index (χ3n) is 1.94. The number of unbranched alkanes of at least 4 members (excludes halogenated alkanes) is 1. The van der Waals surface area contributed by atoms with Crippen LogP contribution in [0.1, 0.15) is 24.8 Å². The Morgan fingerprint density at radius 3 is 2.60 bits per heavy atom. The maximum absolute atomic E-state index is 10.2. The van der Waals surface area contributed by atoms with Crippen LogP contribution in [-0.2, 0) is 4.79 Å². The third-order valence-corrected chi connectivity index (χ3v) is 2.19. The molecule has 1 N–H and O–H groups in total. The van der Waals surface area contributed by atoms with Crippen LogP contribution in [0.4, 0.5) is 0 Å². The summed E-state index contributed by atoms with van der Waals surface area (Å²) in [6, 6.07) is 7.52. The molecule has 15 heavy (non-hydrogen) atoms. The van der Waals surface area contributed by atoms with E-state index in [0.29, 0.717) is 6.42 Å². The molecule has 0 amide bonds. The Balaban J connectivity index is 2.32. The van der Waals surface area contributed by atoms with Crippen molar-refractivity contribution in [1.29, 1.82) is 0 Å². The van der Waals surface area contributed by atoms with Gasteiger partial charge in [0.2, 0.25) is 0 Å². The van der Waals surface area contributed by atoms with Gasteiger partial charge in [0.25, 0.3) is 0 Å². The van der Waals surface area contributed by atoms with E-state index >= 15 is 0 Å². The van der Waals surface area contributed by atoms with Crippen LogP contribution >= 0.6 is 11.6 Å². The molecule has 0 saturated heterocycles. The number of carboxylic acid groups (broad SMARTS) is 1. The van der Waals surface area contributed by atoms with Crippen LogP contribution in [0.2, 0.25) is 5.02 Å². The van der Waals surface area contributed by atoms with Crippen molar-refractivity contribution in [1.82, 2.24) is 0 Å². The number of carbonyl (C=O) groups is 1. The van der Waals surface area contributed by atoms with Crippen molar-refractivity contribution < 1.29 is 9.90 Å². The number of benzene rings is 1. The van der Waals surface area contributed by atoms with Gasteiger partial charge in [-0.25, -0.2) is 0 Å². The Morgan fingerprint density at radius 1 is 1.33 bits per heavy atom. The molecule has 0 unspecified atom stereocenters. The Bertz CT molecular complexity index is 341. The largest absolute Gasteiger partial charge is 0.481 e. The maximum Gasteiger partial charge on any atom is 0.303 e. The molecule has 0 aliphatic heterocycles. The highest BCUT2D eigenvalue weighted by Gasteiger charge is 1.93. The van der Waals surface area contributed by atoms with Crippen molar-refractivity contribution in [2.75, 3.05) is 0 Å². The topological polar surface area (TPSA) is 37.3 Å². The molecule has 0 fully saturated rings. The van der Waals surface area contributed by atoms with Gasteiger partial charge in [-0.3, -0.25) is 4.79 Å². The summed E-state index contributed by atoms with van der Waals surface area (Å²) in [7, 11) is 0. The first-order valence-electron chi connectivity index (χ1n) is 4.82. The summed E-state index contributed by atoms with van der Waals surface area (Å²) >= 11 is 5.74. The Kier molecular flexibility index (Phi) is 4.91. The highest BCUT2D eigenvalue weighted by atomic mass is 35.5. The minimum atomic E-state index is -0.741. The zero-order chi connectivity index (χ0) is 11.1. The number of hydrogen-bond acceptors (Lipinski definition) is 1. The van der Waals surface area contributed by atoms with Crippen molar-refractivity contribution in [2.45, 2.75) is 19.3 Å². The van der Waals surface area contributed by atoms with Crippen LogP contribution in [0.3, 0.4) is 0 Å². The first-order chi connectivity index (χ1) is 7.18. The van der Waals surface area contributed by atoms with Crippen molar-refractivity contribution in [3.05, 3.63) is 40.9 Å². The standard InChI is InChI=1S/C12H13ClO2/c13-11-8-6-10(7-9-11)4-2-1-3-5-12(14)15/h2,4,6-9H,1,3,5H2,(H,14,15). The highest BCUT2D eigenvalue weighted by Crippen LogP contribution is 2.11. The number of aliphatic carboxylic acids is 1. The van der Waals surface area contributed by atoms with Gasteiger partial charge in [-0.2, -0.15) is 0 Å². The zero-order valence-corrected chi connectivity index (χ0v) is 9.07. The normalized spacial score (nSPS) is 10.7. The predicted octanol–water partition coefficient (Wildman–Crippen LogP) is 3.61. The summed E-state index contributed by atoms with van der Waals surface area (Å²) < 4.78 is 0. The van der Waals surface area contributed by atoms with Gasteiger partial charge in [0, 0.05) is 11.4 Å². The molecule has 0 heterocycles. The lowest BCUT2D eigenvalue weighted by Crippen LogP contribution is -1.92. The summed E-state index contributed by atoms with van der Waals surface area (Å²) in [4.78, 5) is 10.2. The van der Waals surface area contributed by atoms with E-state index in [-0.39, 0.29) is 6.42 Å². The molecule has 0 saturated carbocycles. The van der Waals surface area contributed by atoms with E-state index in [0.717, 1.165) is 17.0 Å². The van der Waals surface area contributed by atoms with Crippen molar-refractivity contribution in [3.63, 3.8) is 0 Å². The first kappa shape index (κ1) is 11.8. The number of rotatable bonds is 5. The molecule has 0 aliphatic carbocycles. The summed E-state index contributed by atoms with van der Waals surface area (Å²) in [6.07, 6.45) is 5.64. The van der Waals surface area contributed by atoms with Crippen molar-refractivity contribution in [3.8, 4) is 0 Å². The van der Waals surface area contributed by atoms with Gasteiger partial charge in [0.15, 0.2) is 0 Å². The second kappa shape index (κ2) is 6.25. The average Bonchev–Trinajstić information content (AvgIpc) is 2.20. The van der Waals surface area contributed by atoms with E-state index in [4.69, 9.17) is 16.7 Å². The summed E-state index contributed by atoms with van der Waals surface area (Å²) in [5.41, 5.74) is 1.08. The fraction of sp³-hybridized carbons (Fsp3) is 0.250. The molecule has 2 nitrogen and oxygen atoms in total. The molecule has 0 bridgehead atoms. The molecule has 0 aliphatic rings. The number of halogens is 1. The lowest BCUT2D eigenvalue weighted by molar-refractivity contribution is -0.137. The molecule has 1 rings (SSSR count). The van der Waals surface area contributed by atoms with Crippen LogP contribution in [0.5, 0.6) is 0 Å². The van der Waals surface area contributed by atoms with Gasteiger partial charge in [0.05, 0.1) is 0 Å². The van der Waals surface area contributed by atoms with E-state index in [1.807, 2.05) is 36.4 Å². The molecule has 0 atom stereocenters. The van der Waals surface area contributed by atoms with Crippen LogP contribution in [-0.4, -0.2) is 11.1 Å². The fourth-order valence-corrected chi connectivity index (χ4v) is 1.29. The van der Waals surface area contributed by atoms with E-state index in [9.17, 15) is 4.79 Å². The van der Waals surface area contributed by atoms with Gasteiger partial charge in [0.1, 0.15) is 0 Å². The van der Waals surface area contributed by atoms with Gasteiger partial charge < -0.3 is 5.11 Å². The van der Waals surface area contributed by atoms with Crippen molar-refractivity contribution >= 4 is 23.6 Å². The Morgan fingerprint density at radius 2 is 2.00 bits per heavy atom. The van der Waals surface area contributed by atoms with Gasteiger partial charge in [-0.1, -0.05) is 35.9 Å². The molecule has 1 aromatic rings. The van der Waals surface area contributed by atoms with Crippen LogP contribution in [0, 0.1) is 0 Å². The lowest BCUT2D eigenvalue weighted by Gasteiger charge is -1.94. The summed E-state index contributed by atoms with van der Waals surface area (Å²) in [5, 5.41) is 9.14. The van der Waals surface area contributed by atoms with Crippen LogP contribution in [0.15, 0.2) is 30.3 Å². The number of allylic oxidation sites excluding steroid dienone is 1. The summed E-state index contributed by atoms with van der Waals surface area (Å²) in [6.45, 7) is 0. The van der Waals surface area contributed by atoms with Gasteiger partial charge in [-0.05, 0) is 30.5 Å². The fourth-order valence-electron chi connectivity index (χ4n) is 1.16. The van der Waals surface area contributed by atoms with Gasteiger partial charge >= 0.3 is 5.97 Å². The third kappa shape index (κ3) is 5.23. The molecule has 0 spiro atoms. The van der Waals surface area contributed by atoms with E-state index < -0.39 is 5.97 Å². The zero-order valence-electron chi connectivity index (χ0n) is 8.32. The second-order valence-electron chi connectivity index (χ2n) is 3.24. The molecule has 0 aromatic heterocycles. The van der Waals surface area contributed by atoms with Crippen molar-refractivity contribution in [2.24, 2.45) is 0 Å². The predicted molar refractivity (Wildman–Crippen MR) is 62.0 cm³/mol. The second-order valence-corrected chi connectivity index (χ2v) is 3.68. The number of carboxylic acids is 1.